The molecule has 0 nitrogen and oxygen atoms in total. The molecule has 1 aromatic rings. The van der Waals surface area contributed by atoms with E-state index in [2.05, 4.69) is 83.8 Å². The quantitative estimate of drug-likeness (QED) is 0.493. The molecule has 0 saturated carbocycles. The standard InChI is InChI=1S/C12H15Br2I/c1-12(2,3)11(13)9-15(14)10-7-5-4-6-8-10/h4-9H,1-3H3/b11-9-. The Hall–Kier alpha value is 0.650. The van der Waals surface area contributed by atoms with Gasteiger partial charge in [-0.1, -0.05) is 0 Å². The molecular weight excluding hydrogens is 431 g/mol. The van der Waals surface area contributed by atoms with Gasteiger partial charge in [-0.3, -0.25) is 0 Å². The number of allylic oxidation sites excluding steroid dienone is 1. The van der Waals surface area contributed by atoms with Crippen molar-refractivity contribution in [1.82, 2.24) is 0 Å². The molecule has 0 aliphatic carbocycles. The van der Waals surface area contributed by atoms with Gasteiger partial charge >= 0.3 is 115 Å². The summed E-state index contributed by atoms with van der Waals surface area (Å²) in [4.78, 5) is 0. The van der Waals surface area contributed by atoms with Crippen molar-refractivity contribution in [1.29, 1.82) is 0 Å². The Kier molecular flexibility index (Phi) is 5.32. The summed E-state index contributed by atoms with van der Waals surface area (Å²) in [7, 11) is 0. The fraction of sp³-hybridized carbons (Fsp3) is 0.333. The van der Waals surface area contributed by atoms with Crippen LogP contribution in [0.15, 0.2) is 38.9 Å². The molecule has 15 heavy (non-hydrogen) atoms. The third-order valence-electron chi connectivity index (χ3n) is 1.85. The van der Waals surface area contributed by atoms with E-state index >= 15 is 0 Å². The van der Waals surface area contributed by atoms with E-state index in [1.807, 2.05) is 0 Å². The molecule has 0 spiro atoms. The van der Waals surface area contributed by atoms with Gasteiger partial charge in [-0.05, 0) is 0 Å². The molecule has 0 aliphatic rings. The SMILES string of the molecule is CC(C)(C)/C(Br)=C/I(Br)c1ccccc1. The number of halogens is 3. The zero-order chi connectivity index (χ0) is 11.5. The summed E-state index contributed by atoms with van der Waals surface area (Å²) in [5, 5.41) is 0. The summed E-state index contributed by atoms with van der Waals surface area (Å²) < 4.78 is 5.09. The van der Waals surface area contributed by atoms with Gasteiger partial charge in [-0.15, -0.1) is 0 Å². The molecule has 0 aromatic heterocycles. The molecule has 1 aromatic carbocycles. The number of hydrogen-bond acceptors (Lipinski definition) is 0. The van der Waals surface area contributed by atoms with Crippen molar-refractivity contribution in [3.8, 4) is 0 Å². The van der Waals surface area contributed by atoms with Gasteiger partial charge in [0.1, 0.15) is 0 Å². The van der Waals surface area contributed by atoms with Crippen molar-refractivity contribution in [2.24, 2.45) is 5.41 Å². The number of benzene rings is 1. The second kappa shape index (κ2) is 5.82. The van der Waals surface area contributed by atoms with Crippen LogP contribution in [0.3, 0.4) is 0 Å². The molecule has 0 radical (unpaired) electrons. The van der Waals surface area contributed by atoms with Gasteiger partial charge < -0.3 is 0 Å². The van der Waals surface area contributed by atoms with E-state index in [9.17, 15) is 0 Å². The summed E-state index contributed by atoms with van der Waals surface area (Å²) in [5.41, 5.74) is 0.207. The molecule has 0 aliphatic heterocycles. The third kappa shape index (κ3) is 4.57. The van der Waals surface area contributed by atoms with E-state index in [0.717, 1.165) is 0 Å². The Labute approximate surface area is 114 Å². The topological polar surface area (TPSA) is 0 Å². The third-order valence-corrected chi connectivity index (χ3v) is 10.7. The second-order valence-electron chi connectivity index (χ2n) is 4.27. The molecular formula is C12H15Br2I. The minimum atomic E-state index is -1.29. The summed E-state index contributed by atoms with van der Waals surface area (Å²) in [6.45, 7) is 6.65. The molecule has 0 saturated heterocycles. The first-order chi connectivity index (χ1) is 6.91. The average Bonchev–Trinajstić information content (AvgIpc) is 2.17. The van der Waals surface area contributed by atoms with Crippen LogP contribution >= 0.6 is 46.2 Å². The fourth-order valence-corrected chi connectivity index (χ4v) is 8.94. The van der Waals surface area contributed by atoms with Crippen molar-refractivity contribution in [3.63, 3.8) is 0 Å². The number of rotatable bonds is 2. The van der Waals surface area contributed by atoms with E-state index in [1.54, 1.807) is 0 Å². The predicted octanol–water partition coefficient (Wildman–Crippen LogP) is 5.95. The molecule has 0 fully saturated rings. The van der Waals surface area contributed by atoms with Gasteiger partial charge in [0.25, 0.3) is 0 Å². The zero-order valence-electron chi connectivity index (χ0n) is 9.10. The van der Waals surface area contributed by atoms with Gasteiger partial charge in [0.15, 0.2) is 0 Å². The Bertz CT molecular complexity index is 338. The molecule has 0 heterocycles. The fourth-order valence-electron chi connectivity index (χ4n) is 0.846. The Morgan fingerprint density at radius 3 is 2.20 bits per heavy atom. The van der Waals surface area contributed by atoms with Crippen molar-refractivity contribution >= 4 is 46.2 Å². The maximum atomic E-state index is 3.83. The van der Waals surface area contributed by atoms with Crippen LogP contribution in [-0.2, 0) is 0 Å². The van der Waals surface area contributed by atoms with Crippen LogP contribution in [0.5, 0.6) is 0 Å². The van der Waals surface area contributed by atoms with Crippen LogP contribution in [0.25, 0.3) is 0 Å². The van der Waals surface area contributed by atoms with E-state index in [0.29, 0.717) is 0 Å². The zero-order valence-corrected chi connectivity index (χ0v) is 14.4. The first kappa shape index (κ1) is 13.7. The van der Waals surface area contributed by atoms with Crippen LogP contribution in [0.4, 0.5) is 0 Å². The molecule has 0 amide bonds. The first-order valence-electron chi connectivity index (χ1n) is 4.69. The first-order valence-corrected chi connectivity index (χ1v) is 12.6. The molecule has 0 unspecified atom stereocenters. The molecule has 84 valence electrons. The molecule has 0 bridgehead atoms. The van der Waals surface area contributed by atoms with Gasteiger partial charge in [0.2, 0.25) is 0 Å². The van der Waals surface area contributed by atoms with Crippen LogP contribution in [0.1, 0.15) is 20.8 Å². The van der Waals surface area contributed by atoms with Crippen LogP contribution < -0.4 is 0 Å². The summed E-state index contributed by atoms with van der Waals surface area (Å²) in [6, 6.07) is 10.6. The van der Waals surface area contributed by atoms with E-state index in [1.165, 1.54) is 8.05 Å². The molecule has 0 atom stereocenters. The molecule has 1 rings (SSSR count). The minimum absolute atomic E-state index is 0.207. The van der Waals surface area contributed by atoms with E-state index in [-0.39, 0.29) is 5.41 Å². The van der Waals surface area contributed by atoms with Crippen molar-refractivity contribution < 1.29 is 0 Å². The van der Waals surface area contributed by atoms with Crippen LogP contribution in [0.2, 0.25) is 0 Å². The van der Waals surface area contributed by atoms with Gasteiger partial charge in [-0.25, -0.2) is 0 Å². The van der Waals surface area contributed by atoms with Gasteiger partial charge in [-0.2, -0.15) is 0 Å². The maximum absolute atomic E-state index is 3.83. The van der Waals surface area contributed by atoms with Crippen molar-refractivity contribution in [2.45, 2.75) is 20.8 Å². The van der Waals surface area contributed by atoms with E-state index < -0.39 is 17.6 Å². The van der Waals surface area contributed by atoms with Gasteiger partial charge in [0, 0.05) is 0 Å². The number of hydrogen-bond donors (Lipinski definition) is 0. The van der Waals surface area contributed by atoms with Crippen LogP contribution in [0, 0.1) is 8.99 Å². The Balaban J connectivity index is 2.84. The van der Waals surface area contributed by atoms with E-state index in [4.69, 9.17) is 0 Å². The normalized spacial score (nSPS) is 13.9. The Morgan fingerprint density at radius 1 is 1.20 bits per heavy atom. The average molecular weight is 446 g/mol. The Morgan fingerprint density at radius 2 is 1.73 bits per heavy atom. The van der Waals surface area contributed by atoms with Gasteiger partial charge in [0.05, 0.1) is 0 Å². The summed E-state index contributed by atoms with van der Waals surface area (Å²) in [6.07, 6.45) is 0. The van der Waals surface area contributed by atoms with Crippen molar-refractivity contribution in [2.75, 3.05) is 0 Å². The second-order valence-corrected chi connectivity index (χ2v) is 12.8. The summed E-state index contributed by atoms with van der Waals surface area (Å²) >= 11 is 6.20. The predicted molar refractivity (Wildman–Crippen MR) is 84.6 cm³/mol. The monoisotopic (exact) mass is 444 g/mol. The molecule has 0 N–H and O–H groups in total. The summed E-state index contributed by atoms with van der Waals surface area (Å²) in [5.74, 6) is 0. The van der Waals surface area contributed by atoms with Crippen LogP contribution in [-0.4, -0.2) is 0 Å². The molecule has 3 heteroatoms. The van der Waals surface area contributed by atoms with Crippen molar-refractivity contribution in [3.05, 3.63) is 42.5 Å².